The van der Waals surface area contributed by atoms with E-state index in [2.05, 4.69) is 5.32 Å². The van der Waals surface area contributed by atoms with Crippen LogP contribution in [-0.2, 0) is 0 Å². The van der Waals surface area contributed by atoms with Gasteiger partial charge in [0.2, 0.25) is 0 Å². The molecule has 5 heteroatoms. The third kappa shape index (κ3) is 4.32. The van der Waals surface area contributed by atoms with Crippen LogP contribution < -0.4 is 10.1 Å². The normalized spacial score (nSPS) is 14.9. The molecule has 3 atom stereocenters. The molecule has 0 radical (unpaired) electrons. The van der Waals surface area contributed by atoms with Crippen molar-refractivity contribution in [2.24, 2.45) is 0 Å². The summed E-state index contributed by atoms with van der Waals surface area (Å²) in [5, 5.41) is 25.1. The van der Waals surface area contributed by atoms with Gasteiger partial charge in [0, 0.05) is 22.7 Å². The molecule has 0 aliphatic carbocycles. The van der Waals surface area contributed by atoms with Gasteiger partial charge in [-0.1, -0.05) is 18.2 Å². The molecular weight excluding hydrogens is 354 g/mol. The maximum atomic E-state index is 10.7. The topological polar surface area (TPSA) is 74.9 Å². The van der Waals surface area contributed by atoms with Crippen LogP contribution in [0.4, 0.5) is 5.69 Å². The van der Waals surface area contributed by atoms with Crippen molar-refractivity contribution in [3.05, 3.63) is 59.4 Å². The molecule has 150 valence electrons. The molecule has 1 aromatic heterocycles. The molecule has 0 saturated carbocycles. The van der Waals surface area contributed by atoms with Gasteiger partial charge in [0.1, 0.15) is 29.2 Å². The maximum Gasteiger partial charge on any atom is 0.134 e. The first-order valence-electron chi connectivity index (χ1n) is 9.65. The van der Waals surface area contributed by atoms with E-state index in [1.807, 2.05) is 70.2 Å². The number of aliphatic hydroxyl groups excluding tert-OH is 2. The van der Waals surface area contributed by atoms with E-state index in [0.29, 0.717) is 5.76 Å². The van der Waals surface area contributed by atoms with E-state index in [-0.39, 0.29) is 6.10 Å². The van der Waals surface area contributed by atoms with Gasteiger partial charge >= 0.3 is 0 Å². The van der Waals surface area contributed by atoms with E-state index < -0.39 is 18.2 Å². The molecule has 3 aromatic rings. The summed E-state index contributed by atoms with van der Waals surface area (Å²) < 4.78 is 11.9. The van der Waals surface area contributed by atoms with Crippen LogP contribution in [0.15, 0.2) is 46.9 Å². The zero-order valence-electron chi connectivity index (χ0n) is 17.1. The number of ether oxygens (including phenoxy) is 1. The molecule has 0 aliphatic heterocycles. The second-order valence-corrected chi connectivity index (χ2v) is 7.64. The zero-order chi connectivity index (χ0) is 20.4. The minimum absolute atomic E-state index is 0.0648. The van der Waals surface area contributed by atoms with Crippen molar-refractivity contribution >= 4 is 16.7 Å². The van der Waals surface area contributed by atoms with Crippen LogP contribution in [0.25, 0.3) is 11.0 Å². The fourth-order valence-electron chi connectivity index (χ4n) is 3.34. The van der Waals surface area contributed by atoms with Crippen LogP contribution in [0.5, 0.6) is 5.75 Å². The SMILES string of the molecule is Cc1ccc2c(C)c([C@@H](Nc3cccc(OC(C)C)c3)[C@H](O)[C@H](C)O)oc2c1. The minimum Gasteiger partial charge on any atom is -0.491 e. The van der Waals surface area contributed by atoms with E-state index in [1.54, 1.807) is 6.92 Å². The summed E-state index contributed by atoms with van der Waals surface area (Å²) in [4.78, 5) is 0. The number of furan rings is 1. The summed E-state index contributed by atoms with van der Waals surface area (Å²) in [5.41, 5.74) is 3.60. The van der Waals surface area contributed by atoms with Gasteiger partial charge in [-0.2, -0.15) is 0 Å². The smallest absolute Gasteiger partial charge is 0.134 e. The van der Waals surface area contributed by atoms with Crippen LogP contribution in [0, 0.1) is 13.8 Å². The Morgan fingerprint density at radius 1 is 1.00 bits per heavy atom. The predicted octanol–water partition coefficient (Wildman–Crippen LogP) is 4.73. The molecule has 0 spiro atoms. The lowest BCUT2D eigenvalue weighted by Crippen LogP contribution is -2.34. The second kappa shape index (κ2) is 8.25. The van der Waals surface area contributed by atoms with Crippen LogP contribution in [0.3, 0.4) is 0 Å². The molecule has 1 heterocycles. The lowest BCUT2D eigenvalue weighted by molar-refractivity contribution is 0.0152. The summed E-state index contributed by atoms with van der Waals surface area (Å²) in [6.07, 6.45) is -1.91. The standard InChI is InChI=1S/C23H29NO4/c1-13(2)27-18-8-6-7-17(12-18)24-21(22(26)16(5)25)23-15(4)19-10-9-14(3)11-20(19)28-23/h6-13,16,21-22,24-26H,1-5H3/t16-,21-,22+/m0/s1. The highest BCUT2D eigenvalue weighted by atomic mass is 16.5. The van der Waals surface area contributed by atoms with Gasteiger partial charge in [-0.15, -0.1) is 0 Å². The lowest BCUT2D eigenvalue weighted by atomic mass is 9.99. The van der Waals surface area contributed by atoms with Gasteiger partial charge in [0.15, 0.2) is 0 Å². The molecule has 0 amide bonds. The summed E-state index contributed by atoms with van der Waals surface area (Å²) in [6.45, 7) is 9.50. The highest BCUT2D eigenvalue weighted by molar-refractivity contribution is 5.83. The third-order valence-electron chi connectivity index (χ3n) is 4.78. The van der Waals surface area contributed by atoms with Gasteiger partial charge in [-0.05, 0) is 58.4 Å². The quantitative estimate of drug-likeness (QED) is 0.550. The third-order valence-corrected chi connectivity index (χ3v) is 4.78. The Morgan fingerprint density at radius 2 is 1.75 bits per heavy atom. The van der Waals surface area contributed by atoms with Crippen molar-refractivity contribution < 1.29 is 19.4 Å². The second-order valence-electron chi connectivity index (χ2n) is 7.64. The van der Waals surface area contributed by atoms with Crippen molar-refractivity contribution in [3.8, 4) is 5.75 Å². The van der Waals surface area contributed by atoms with Crippen LogP contribution in [0.1, 0.15) is 43.7 Å². The average molecular weight is 383 g/mol. The summed E-state index contributed by atoms with van der Waals surface area (Å²) >= 11 is 0. The Bertz CT molecular complexity index is 945. The molecule has 0 aliphatic rings. The van der Waals surface area contributed by atoms with Crippen molar-refractivity contribution in [1.29, 1.82) is 0 Å². The first kappa shape index (κ1) is 20.2. The Hall–Kier alpha value is -2.50. The molecule has 0 bridgehead atoms. The molecule has 5 nitrogen and oxygen atoms in total. The zero-order valence-corrected chi connectivity index (χ0v) is 17.1. The summed E-state index contributed by atoms with van der Waals surface area (Å²) in [5.74, 6) is 1.35. The van der Waals surface area contributed by atoms with E-state index in [9.17, 15) is 10.2 Å². The minimum atomic E-state index is -1.05. The van der Waals surface area contributed by atoms with Gasteiger partial charge in [-0.25, -0.2) is 0 Å². The van der Waals surface area contributed by atoms with E-state index >= 15 is 0 Å². The molecule has 0 fully saturated rings. The molecular formula is C23H29NO4. The number of rotatable bonds is 7. The number of aryl methyl sites for hydroxylation is 2. The van der Waals surface area contributed by atoms with Gasteiger partial charge in [0.25, 0.3) is 0 Å². The Labute approximate surface area is 166 Å². The lowest BCUT2D eigenvalue weighted by Gasteiger charge is -2.26. The summed E-state index contributed by atoms with van der Waals surface area (Å²) in [7, 11) is 0. The number of anilines is 1. The van der Waals surface area contributed by atoms with Crippen LogP contribution in [-0.4, -0.2) is 28.5 Å². The molecule has 2 aromatic carbocycles. The van der Waals surface area contributed by atoms with Crippen molar-refractivity contribution in [2.45, 2.75) is 59.0 Å². The van der Waals surface area contributed by atoms with Gasteiger partial charge in [0.05, 0.1) is 12.2 Å². The van der Waals surface area contributed by atoms with Crippen LogP contribution in [0.2, 0.25) is 0 Å². The Morgan fingerprint density at radius 3 is 2.43 bits per heavy atom. The fraction of sp³-hybridized carbons (Fsp3) is 0.391. The maximum absolute atomic E-state index is 10.7. The van der Waals surface area contributed by atoms with Gasteiger partial charge < -0.3 is 24.7 Å². The molecule has 3 N–H and O–H groups in total. The fourth-order valence-corrected chi connectivity index (χ4v) is 3.34. The van der Waals surface area contributed by atoms with E-state index in [0.717, 1.165) is 33.5 Å². The number of hydrogen-bond donors (Lipinski definition) is 3. The van der Waals surface area contributed by atoms with Crippen molar-refractivity contribution in [3.63, 3.8) is 0 Å². The van der Waals surface area contributed by atoms with Crippen LogP contribution >= 0.6 is 0 Å². The van der Waals surface area contributed by atoms with Crippen molar-refractivity contribution in [1.82, 2.24) is 0 Å². The monoisotopic (exact) mass is 383 g/mol. The predicted molar refractivity (Wildman–Crippen MR) is 112 cm³/mol. The number of nitrogens with one attached hydrogen (secondary N) is 1. The highest BCUT2D eigenvalue weighted by Crippen LogP contribution is 2.35. The Balaban J connectivity index is 2.00. The van der Waals surface area contributed by atoms with E-state index in [4.69, 9.17) is 9.15 Å². The number of fused-ring (bicyclic) bond motifs is 1. The first-order chi connectivity index (χ1) is 13.3. The number of benzene rings is 2. The molecule has 0 unspecified atom stereocenters. The Kier molecular flexibility index (Phi) is 5.96. The van der Waals surface area contributed by atoms with Crippen molar-refractivity contribution in [2.75, 3.05) is 5.32 Å². The number of hydrogen-bond acceptors (Lipinski definition) is 5. The molecule has 28 heavy (non-hydrogen) atoms. The number of aliphatic hydroxyl groups is 2. The molecule has 0 saturated heterocycles. The van der Waals surface area contributed by atoms with E-state index in [1.165, 1.54) is 0 Å². The highest BCUT2D eigenvalue weighted by Gasteiger charge is 2.30. The first-order valence-corrected chi connectivity index (χ1v) is 9.65. The average Bonchev–Trinajstić information content (AvgIpc) is 2.94. The summed E-state index contributed by atoms with van der Waals surface area (Å²) in [6, 6.07) is 13.0. The van der Waals surface area contributed by atoms with Gasteiger partial charge in [-0.3, -0.25) is 0 Å². The molecule has 3 rings (SSSR count). The largest absolute Gasteiger partial charge is 0.491 e.